The molecule has 4 N–H and O–H groups in total. The number of urea groups is 1. The van der Waals surface area contributed by atoms with Crippen LogP contribution >= 0.6 is 0 Å². The lowest BCUT2D eigenvalue weighted by atomic mass is 10.0. The van der Waals surface area contributed by atoms with Crippen molar-refractivity contribution in [1.82, 2.24) is 10.6 Å². The maximum Gasteiger partial charge on any atom is 0.326 e. The first-order valence-corrected chi connectivity index (χ1v) is 6.51. The number of carboxylic acid groups (broad SMARTS) is 2. The van der Waals surface area contributed by atoms with Crippen molar-refractivity contribution >= 4 is 18.0 Å². The lowest BCUT2D eigenvalue weighted by Gasteiger charge is -2.15. The van der Waals surface area contributed by atoms with Crippen molar-refractivity contribution in [3.63, 3.8) is 0 Å². The van der Waals surface area contributed by atoms with Crippen LogP contribution < -0.4 is 10.6 Å². The zero-order valence-corrected chi connectivity index (χ0v) is 12.2. The van der Waals surface area contributed by atoms with Gasteiger partial charge in [0.15, 0.2) is 0 Å². The minimum absolute atomic E-state index is 0.0380. The molecule has 0 aromatic carbocycles. The smallest absolute Gasteiger partial charge is 0.326 e. The van der Waals surface area contributed by atoms with E-state index in [1.54, 1.807) is 0 Å². The fraction of sp³-hybridized carbons (Fsp3) is 0.769. The highest BCUT2D eigenvalue weighted by molar-refractivity contribution is 5.83. The van der Waals surface area contributed by atoms with Crippen LogP contribution in [0, 0.1) is 10.8 Å². The second kappa shape index (κ2) is 5.30. The summed E-state index contributed by atoms with van der Waals surface area (Å²) in [6, 6.07) is -1.81. The zero-order valence-electron chi connectivity index (χ0n) is 12.2. The van der Waals surface area contributed by atoms with E-state index < -0.39 is 24.0 Å². The number of hydrogen-bond acceptors (Lipinski definition) is 3. The summed E-state index contributed by atoms with van der Waals surface area (Å²) in [4.78, 5) is 33.2. The van der Waals surface area contributed by atoms with Crippen LogP contribution in [0.15, 0.2) is 0 Å². The molecule has 0 saturated heterocycles. The number of amides is 2. The monoisotopic (exact) mass is 286 g/mol. The lowest BCUT2D eigenvalue weighted by molar-refractivity contribution is -0.140. The van der Waals surface area contributed by atoms with Gasteiger partial charge in [-0.25, -0.2) is 9.59 Å². The third-order valence-corrected chi connectivity index (χ3v) is 4.55. The average molecular weight is 286 g/mol. The molecule has 0 aliphatic heterocycles. The first kappa shape index (κ1) is 16.3. The number of hydrogen-bond donors (Lipinski definition) is 4. The number of aliphatic carboxylic acids is 2. The highest BCUT2D eigenvalue weighted by Crippen LogP contribution is 2.62. The molecule has 1 saturated carbocycles. The summed E-state index contributed by atoms with van der Waals surface area (Å²) in [7, 11) is 0. The Morgan fingerprint density at radius 1 is 1.10 bits per heavy atom. The van der Waals surface area contributed by atoms with Crippen LogP contribution in [-0.2, 0) is 9.59 Å². The van der Waals surface area contributed by atoms with Crippen LogP contribution in [0.25, 0.3) is 0 Å². The molecule has 0 spiro atoms. The topological polar surface area (TPSA) is 116 Å². The molecular weight excluding hydrogens is 264 g/mol. The van der Waals surface area contributed by atoms with Crippen molar-refractivity contribution in [3.8, 4) is 0 Å². The fourth-order valence-corrected chi connectivity index (χ4v) is 2.41. The van der Waals surface area contributed by atoms with Gasteiger partial charge in [-0.15, -0.1) is 0 Å². The standard InChI is InChI=1S/C13H22N2O5/c1-12(2)10(13(12,3)4)15-11(20)14-7(9(18)19)5-6-8(16)17/h7,10H,5-6H2,1-4H3,(H,16,17)(H,18,19)(H2,14,15,20)/t7-/m0/s1. The van der Waals surface area contributed by atoms with Gasteiger partial charge in [0, 0.05) is 12.5 Å². The summed E-state index contributed by atoms with van der Waals surface area (Å²) in [5.74, 6) is -2.33. The van der Waals surface area contributed by atoms with Crippen LogP contribution in [0.3, 0.4) is 0 Å². The first-order valence-electron chi connectivity index (χ1n) is 6.51. The molecule has 0 radical (unpaired) electrons. The normalized spacial score (nSPS) is 20.8. The number of nitrogens with one attached hydrogen (secondary N) is 2. The van der Waals surface area contributed by atoms with Crippen LogP contribution in [0.2, 0.25) is 0 Å². The molecule has 1 aliphatic carbocycles. The van der Waals surface area contributed by atoms with E-state index in [4.69, 9.17) is 10.2 Å². The van der Waals surface area contributed by atoms with Gasteiger partial charge in [-0.05, 0) is 17.3 Å². The molecule has 7 heteroatoms. The average Bonchev–Trinajstić information content (AvgIpc) is 2.66. The number of carbonyl (C=O) groups excluding carboxylic acids is 1. The molecule has 0 aromatic rings. The van der Waals surface area contributed by atoms with Crippen molar-refractivity contribution in [2.45, 2.75) is 52.6 Å². The second-order valence-corrected chi connectivity index (χ2v) is 6.32. The highest BCUT2D eigenvalue weighted by atomic mass is 16.4. The van der Waals surface area contributed by atoms with E-state index in [-0.39, 0.29) is 29.7 Å². The minimum atomic E-state index is -1.24. The van der Waals surface area contributed by atoms with Crippen molar-refractivity contribution < 1.29 is 24.6 Å². The van der Waals surface area contributed by atoms with Crippen LogP contribution in [0.4, 0.5) is 4.79 Å². The Bertz CT molecular complexity index is 416. The molecular formula is C13H22N2O5. The molecule has 0 bridgehead atoms. The molecule has 1 fully saturated rings. The molecule has 0 aromatic heterocycles. The maximum atomic E-state index is 11.8. The highest BCUT2D eigenvalue weighted by Gasteiger charge is 2.65. The molecule has 1 atom stereocenters. The van der Waals surface area contributed by atoms with E-state index in [1.165, 1.54) is 0 Å². The van der Waals surface area contributed by atoms with Crippen molar-refractivity contribution in [1.29, 1.82) is 0 Å². The molecule has 20 heavy (non-hydrogen) atoms. The van der Waals surface area contributed by atoms with Crippen LogP contribution in [0.5, 0.6) is 0 Å². The Morgan fingerprint density at radius 3 is 1.95 bits per heavy atom. The third kappa shape index (κ3) is 3.20. The molecule has 2 amide bonds. The quantitative estimate of drug-likeness (QED) is 0.582. The molecule has 114 valence electrons. The van der Waals surface area contributed by atoms with Crippen LogP contribution in [0.1, 0.15) is 40.5 Å². The summed E-state index contributed by atoms with van der Waals surface area (Å²) in [5, 5.41) is 22.6. The summed E-state index contributed by atoms with van der Waals surface area (Å²) in [6.45, 7) is 8.10. The van der Waals surface area contributed by atoms with E-state index in [2.05, 4.69) is 10.6 Å². The summed E-state index contributed by atoms with van der Waals surface area (Å²) in [6.07, 6.45) is -0.451. The SMILES string of the molecule is CC1(C)C(NC(=O)N[C@@H](CCC(=O)O)C(=O)O)C1(C)C. The van der Waals surface area contributed by atoms with Crippen molar-refractivity contribution in [2.75, 3.05) is 0 Å². The Kier molecular flexibility index (Phi) is 4.31. The summed E-state index contributed by atoms with van der Waals surface area (Å²) < 4.78 is 0. The zero-order chi connectivity index (χ0) is 15.7. The van der Waals surface area contributed by atoms with E-state index >= 15 is 0 Å². The van der Waals surface area contributed by atoms with Gasteiger partial charge in [0.2, 0.25) is 0 Å². The van der Waals surface area contributed by atoms with Gasteiger partial charge in [-0.1, -0.05) is 27.7 Å². The fourth-order valence-electron chi connectivity index (χ4n) is 2.41. The Morgan fingerprint density at radius 2 is 1.60 bits per heavy atom. The van der Waals surface area contributed by atoms with Gasteiger partial charge in [-0.3, -0.25) is 4.79 Å². The van der Waals surface area contributed by atoms with E-state index in [1.807, 2.05) is 27.7 Å². The first-order chi connectivity index (χ1) is 9.00. The Labute approximate surface area is 117 Å². The molecule has 0 heterocycles. The number of rotatable bonds is 6. The number of carbonyl (C=O) groups is 3. The van der Waals surface area contributed by atoms with E-state index in [9.17, 15) is 14.4 Å². The third-order valence-electron chi connectivity index (χ3n) is 4.55. The number of carboxylic acids is 2. The second-order valence-electron chi connectivity index (χ2n) is 6.32. The van der Waals surface area contributed by atoms with Gasteiger partial charge in [0.05, 0.1) is 0 Å². The predicted molar refractivity (Wildman–Crippen MR) is 71.3 cm³/mol. The molecule has 1 rings (SSSR count). The van der Waals surface area contributed by atoms with Gasteiger partial charge in [0.25, 0.3) is 0 Å². The molecule has 1 aliphatic rings. The predicted octanol–water partition coefficient (Wildman–Crippen LogP) is 1.04. The minimum Gasteiger partial charge on any atom is -0.481 e. The van der Waals surface area contributed by atoms with Crippen molar-refractivity contribution in [2.24, 2.45) is 10.8 Å². The largest absolute Gasteiger partial charge is 0.481 e. The Balaban J connectivity index is 2.52. The van der Waals surface area contributed by atoms with Gasteiger partial charge < -0.3 is 20.8 Å². The van der Waals surface area contributed by atoms with E-state index in [0.29, 0.717) is 0 Å². The van der Waals surface area contributed by atoms with Crippen molar-refractivity contribution in [3.05, 3.63) is 0 Å². The molecule has 7 nitrogen and oxygen atoms in total. The van der Waals surface area contributed by atoms with E-state index in [0.717, 1.165) is 0 Å². The summed E-state index contributed by atoms with van der Waals surface area (Å²) in [5.41, 5.74) is -0.103. The van der Waals surface area contributed by atoms with Gasteiger partial charge >= 0.3 is 18.0 Å². The van der Waals surface area contributed by atoms with Gasteiger partial charge in [0.1, 0.15) is 6.04 Å². The summed E-state index contributed by atoms with van der Waals surface area (Å²) >= 11 is 0. The molecule has 0 unspecified atom stereocenters. The lowest BCUT2D eigenvalue weighted by Crippen LogP contribution is -2.47. The Hall–Kier alpha value is -1.79. The maximum absolute atomic E-state index is 11.8. The van der Waals surface area contributed by atoms with Gasteiger partial charge in [-0.2, -0.15) is 0 Å². The van der Waals surface area contributed by atoms with Crippen LogP contribution in [-0.4, -0.2) is 40.3 Å².